The van der Waals surface area contributed by atoms with Gasteiger partial charge in [0.15, 0.2) is 5.78 Å². The van der Waals surface area contributed by atoms with Gasteiger partial charge in [-0.05, 0) is 35.9 Å². The van der Waals surface area contributed by atoms with E-state index in [1.807, 2.05) is 6.07 Å². The summed E-state index contributed by atoms with van der Waals surface area (Å²) in [5, 5.41) is 11.7. The minimum atomic E-state index is -4.64. The molecule has 7 nitrogen and oxygen atoms in total. The molecule has 1 heterocycles. The van der Waals surface area contributed by atoms with Crippen molar-refractivity contribution in [2.45, 2.75) is 25.1 Å². The summed E-state index contributed by atoms with van der Waals surface area (Å²) in [6.07, 6.45) is -4.89. The third-order valence-corrected chi connectivity index (χ3v) is 5.72. The van der Waals surface area contributed by atoms with Crippen molar-refractivity contribution in [2.24, 2.45) is 11.7 Å². The molecule has 0 aromatic heterocycles. The lowest BCUT2D eigenvalue weighted by molar-refractivity contribution is -0.137. The van der Waals surface area contributed by atoms with Crippen LogP contribution in [0.25, 0.3) is 0 Å². The van der Waals surface area contributed by atoms with Gasteiger partial charge in [-0.1, -0.05) is 18.2 Å². The summed E-state index contributed by atoms with van der Waals surface area (Å²) in [7, 11) is 0. The Labute approximate surface area is 186 Å². The summed E-state index contributed by atoms with van der Waals surface area (Å²) in [4.78, 5) is 39.1. The highest BCUT2D eigenvalue weighted by molar-refractivity contribution is 6.08. The number of nitriles is 1. The maximum Gasteiger partial charge on any atom is 0.416 e. The highest BCUT2D eigenvalue weighted by Crippen LogP contribution is 2.42. The molecule has 3 amide bonds. The van der Waals surface area contributed by atoms with E-state index in [-0.39, 0.29) is 29.8 Å². The first kappa shape index (κ1) is 22.1. The smallest absolute Gasteiger partial charge is 0.369 e. The summed E-state index contributed by atoms with van der Waals surface area (Å²) < 4.78 is 39.8. The number of carbonyl (C=O) groups excluding carboxylic acids is 3. The minimum absolute atomic E-state index is 0.0765. The number of nitrogens with one attached hydrogen (secondary N) is 1. The number of amides is 3. The summed E-state index contributed by atoms with van der Waals surface area (Å²) >= 11 is 0. The predicted molar refractivity (Wildman–Crippen MR) is 110 cm³/mol. The fourth-order valence-electron chi connectivity index (χ4n) is 4.13. The molecule has 2 aliphatic rings. The van der Waals surface area contributed by atoms with Gasteiger partial charge >= 0.3 is 12.2 Å². The molecule has 2 aromatic carbocycles. The number of carbonyl (C=O) groups is 3. The molecular weight excluding hydrogens is 437 g/mol. The van der Waals surface area contributed by atoms with Crippen molar-refractivity contribution < 1.29 is 27.6 Å². The Balaban J connectivity index is 1.87. The van der Waals surface area contributed by atoms with Gasteiger partial charge in [0, 0.05) is 24.1 Å². The number of rotatable bonds is 3. The number of alkyl halides is 3. The van der Waals surface area contributed by atoms with Crippen LogP contribution in [0.5, 0.6) is 0 Å². The molecule has 0 radical (unpaired) electrons. The van der Waals surface area contributed by atoms with Gasteiger partial charge in [0.1, 0.15) is 0 Å². The summed E-state index contributed by atoms with van der Waals surface area (Å²) in [5.74, 6) is -2.07. The zero-order valence-corrected chi connectivity index (χ0v) is 17.0. The highest BCUT2D eigenvalue weighted by atomic mass is 19.4. The number of halogens is 3. The summed E-state index contributed by atoms with van der Waals surface area (Å²) in [6, 6.07) is 10.7. The topological polar surface area (TPSA) is 116 Å². The van der Waals surface area contributed by atoms with Gasteiger partial charge in [-0.2, -0.15) is 18.4 Å². The molecule has 2 atom stereocenters. The zero-order valence-electron chi connectivity index (χ0n) is 17.0. The van der Waals surface area contributed by atoms with E-state index in [1.165, 1.54) is 18.2 Å². The Bertz CT molecular complexity index is 1230. The van der Waals surface area contributed by atoms with Gasteiger partial charge < -0.3 is 11.1 Å². The van der Waals surface area contributed by atoms with Crippen LogP contribution in [0.1, 0.15) is 35.6 Å². The van der Waals surface area contributed by atoms with Gasteiger partial charge in [-0.25, -0.2) is 4.79 Å². The Morgan fingerprint density at radius 1 is 1.12 bits per heavy atom. The molecule has 168 valence electrons. The largest absolute Gasteiger partial charge is 0.416 e. The summed E-state index contributed by atoms with van der Waals surface area (Å²) in [5.41, 5.74) is 5.57. The second-order valence-electron chi connectivity index (χ2n) is 7.79. The number of urea groups is 1. The van der Waals surface area contributed by atoms with Gasteiger partial charge in [0.25, 0.3) is 0 Å². The molecule has 1 aliphatic heterocycles. The number of ketones is 1. The van der Waals surface area contributed by atoms with Crippen LogP contribution in [-0.2, 0) is 15.8 Å². The van der Waals surface area contributed by atoms with Crippen LogP contribution >= 0.6 is 0 Å². The first-order valence-corrected chi connectivity index (χ1v) is 9.93. The fraction of sp³-hybridized carbons (Fsp3) is 0.217. The number of anilines is 1. The molecule has 3 N–H and O–H groups in total. The van der Waals surface area contributed by atoms with E-state index in [0.29, 0.717) is 11.1 Å². The Kier molecular flexibility index (Phi) is 5.41. The maximum atomic E-state index is 13.3. The van der Waals surface area contributed by atoms with Crippen molar-refractivity contribution in [3.8, 4) is 6.07 Å². The number of benzene rings is 2. The number of hydrogen-bond donors (Lipinski definition) is 2. The van der Waals surface area contributed by atoms with E-state index in [2.05, 4.69) is 5.32 Å². The third kappa shape index (κ3) is 4.05. The van der Waals surface area contributed by atoms with Gasteiger partial charge in [-0.3, -0.25) is 14.5 Å². The van der Waals surface area contributed by atoms with Crippen LogP contribution in [-0.4, -0.2) is 17.7 Å². The second kappa shape index (κ2) is 8.09. The number of allylic oxidation sites excluding steroid dienone is 1. The Morgan fingerprint density at radius 2 is 1.82 bits per heavy atom. The van der Waals surface area contributed by atoms with Gasteiger partial charge in [0.2, 0.25) is 5.91 Å². The fourth-order valence-corrected chi connectivity index (χ4v) is 4.13. The molecule has 10 heteroatoms. The van der Waals surface area contributed by atoms with E-state index in [9.17, 15) is 27.6 Å². The first-order valence-electron chi connectivity index (χ1n) is 9.93. The lowest BCUT2D eigenvalue weighted by Gasteiger charge is -2.40. The minimum Gasteiger partial charge on any atom is -0.369 e. The van der Waals surface area contributed by atoms with Crippen LogP contribution in [0, 0.1) is 17.2 Å². The number of primary amides is 1. The van der Waals surface area contributed by atoms with Crippen LogP contribution in [0.4, 0.5) is 23.7 Å². The second-order valence-corrected chi connectivity index (χ2v) is 7.79. The quantitative estimate of drug-likeness (QED) is 0.738. The number of hydrogen-bond acceptors (Lipinski definition) is 4. The van der Waals surface area contributed by atoms with Crippen molar-refractivity contribution in [3.05, 3.63) is 76.5 Å². The van der Waals surface area contributed by atoms with Gasteiger partial charge in [-0.15, -0.1) is 0 Å². The van der Waals surface area contributed by atoms with E-state index in [0.717, 1.165) is 23.1 Å². The normalized spacial score (nSPS) is 20.7. The number of Topliss-reactive ketones (excluding diaryl/α,β-unsaturated/α-hetero) is 1. The monoisotopic (exact) mass is 454 g/mol. The first-order chi connectivity index (χ1) is 15.6. The SMILES string of the molecule is N#Cc1ccc(C2NC(=O)N(c3cccc(C(F)(F)F)c3)C3=C2C(=O)CC(C(N)=O)C3)cc1. The Hall–Kier alpha value is -4.13. The molecule has 0 fully saturated rings. The van der Waals surface area contributed by atoms with E-state index in [4.69, 9.17) is 11.0 Å². The van der Waals surface area contributed by atoms with E-state index in [1.54, 1.807) is 12.1 Å². The molecule has 0 saturated carbocycles. The van der Waals surface area contributed by atoms with Crippen LogP contribution in [0.3, 0.4) is 0 Å². The van der Waals surface area contributed by atoms with Gasteiger partial charge in [0.05, 0.1) is 34.8 Å². The maximum absolute atomic E-state index is 13.3. The van der Waals surface area contributed by atoms with E-state index >= 15 is 0 Å². The van der Waals surface area contributed by atoms with Crippen LogP contribution < -0.4 is 16.0 Å². The lowest BCUT2D eigenvalue weighted by atomic mass is 9.79. The Morgan fingerprint density at radius 3 is 2.42 bits per heavy atom. The molecule has 0 bridgehead atoms. The predicted octanol–water partition coefficient (Wildman–Crippen LogP) is 3.57. The van der Waals surface area contributed by atoms with Crippen molar-refractivity contribution in [1.82, 2.24) is 5.32 Å². The zero-order chi connectivity index (χ0) is 23.9. The average molecular weight is 454 g/mol. The van der Waals surface area contributed by atoms with E-state index < -0.39 is 41.4 Å². The van der Waals surface area contributed by atoms with Crippen molar-refractivity contribution in [3.63, 3.8) is 0 Å². The number of nitrogens with two attached hydrogens (primary N) is 1. The lowest BCUT2D eigenvalue weighted by Crippen LogP contribution is -2.51. The molecule has 1 aliphatic carbocycles. The number of nitrogens with zero attached hydrogens (tertiary/aromatic N) is 2. The molecule has 4 rings (SSSR count). The molecular formula is C23H17F3N4O3. The van der Waals surface area contributed by atoms with Crippen LogP contribution in [0.2, 0.25) is 0 Å². The molecule has 2 aromatic rings. The van der Waals surface area contributed by atoms with Crippen LogP contribution in [0.15, 0.2) is 59.8 Å². The molecule has 2 unspecified atom stereocenters. The molecule has 33 heavy (non-hydrogen) atoms. The third-order valence-electron chi connectivity index (χ3n) is 5.72. The molecule has 0 saturated heterocycles. The highest BCUT2D eigenvalue weighted by Gasteiger charge is 2.43. The van der Waals surface area contributed by atoms with Crippen molar-refractivity contribution in [1.29, 1.82) is 5.26 Å². The van der Waals surface area contributed by atoms with Crippen molar-refractivity contribution >= 4 is 23.4 Å². The van der Waals surface area contributed by atoms with Crippen molar-refractivity contribution in [2.75, 3.05) is 4.90 Å². The summed E-state index contributed by atoms with van der Waals surface area (Å²) in [6.45, 7) is 0. The average Bonchev–Trinajstić information content (AvgIpc) is 2.77. The molecule has 0 spiro atoms. The standard InChI is InChI=1S/C23H17F3N4O3/c24-23(25,26)15-2-1-3-16(10-15)30-17-8-14(21(28)32)9-18(31)19(17)20(29-22(30)33)13-6-4-12(11-27)5-7-13/h1-7,10,14,20H,8-9H2,(H2,28,32)(H,29,33).